The molecule has 1 aliphatic rings. The Kier molecular flexibility index (Phi) is 7.46. The second-order valence-electron chi connectivity index (χ2n) is 6.56. The number of hydrogen-bond donors (Lipinski definition) is 2. The quantitative estimate of drug-likeness (QED) is 0.741. The van der Waals surface area contributed by atoms with E-state index in [-0.39, 0.29) is 17.9 Å². The topological polar surface area (TPSA) is 56.8 Å². The van der Waals surface area contributed by atoms with Crippen molar-refractivity contribution in [2.45, 2.75) is 26.3 Å². The molecule has 2 N–H and O–H groups in total. The van der Waals surface area contributed by atoms with Crippen molar-refractivity contribution in [2.24, 2.45) is 0 Å². The van der Waals surface area contributed by atoms with E-state index in [4.69, 9.17) is 4.74 Å². The van der Waals surface area contributed by atoms with Crippen LogP contribution in [0.4, 0.5) is 20.6 Å². The van der Waals surface area contributed by atoms with E-state index in [0.717, 1.165) is 39.3 Å². The van der Waals surface area contributed by atoms with E-state index in [1.165, 1.54) is 6.07 Å². The lowest BCUT2D eigenvalue weighted by Gasteiger charge is -2.26. The zero-order valence-electron chi connectivity index (χ0n) is 15.3. The Balaban J connectivity index is 1.73. The number of benzene rings is 1. The number of nitrogens with zero attached hydrogens (tertiary/aromatic N) is 2. The first kappa shape index (κ1) is 19.5. The lowest BCUT2D eigenvalue weighted by atomic mass is 10.2. The minimum absolute atomic E-state index is 0.197. The molecule has 1 heterocycles. The summed E-state index contributed by atoms with van der Waals surface area (Å²) in [6, 6.07) is 4.63. The van der Waals surface area contributed by atoms with E-state index in [2.05, 4.69) is 15.5 Å². The Morgan fingerprint density at radius 3 is 2.72 bits per heavy atom. The predicted molar refractivity (Wildman–Crippen MR) is 98.8 cm³/mol. The van der Waals surface area contributed by atoms with Gasteiger partial charge in [0.25, 0.3) is 0 Å². The number of amides is 2. The monoisotopic (exact) mass is 352 g/mol. The van der Waals surface area contributed by atoms with Gasteiger partial charge in [0.1, 0.15) is 5.82 Å². The van der Waals surface area contributed by atoms with Crippen LogP contribution >= 0.6 is 0 Å². The second kappa shape index (κ2) is 9.58. The molecular weight excluding hydrogens is 323 g/mol. The molecule has 1 aromatic rings. The minimum atomic E-state index is -0.346. The van der Waals surface area contributed by atoms with Crippen molar-refractivity contribution >= 4 is 17.4 Å². The average molecular weight is 352 g/mol. The Morgan fingerprint density at radius 1 is 1.36 bits per heavy atom. The van der Waals surface area contributed by atoms with Crippen molar-refractivity contribution in [3.8, 4) is 0 Å². The van der Waals surface area contributed by atoms with Crippen molar-refractivity contribution in [1.29, 1.82) is 0 Å². The molecular formula is C18H29FN4O2. The smallest absolute Gasteiger partial charge is 0.319 e. The maximum Gasteiger partial charge on any atom is 0.319 e. The van der Waals surface area contributed by atoms with Gasteiger partial charge in [-0.05, 0) is 45.0 Å². The Hall–Kier alpha value is -1.86. The third-order valence-electron chi connectivity index (χ3n) is 4.40. The fraction of sp³-hybridized carbons (Fsp3) is 0.611. The number of rotatable bonds is 7. The summed E-state index contributed by atoms with van der Waals surface area (Å²) < 4.78 is 19.5. The molecule has 0 saturated carbocycles. The van der Waals surface area contributed by atoms with Gasteiger partial charge in [0.05, 0.1) is 18.9 Å². The molecule has 140 valence electrons. The maximum atomic E-state index is 14.2. The zero-order chi connectivity index (χ0) is 18.2. The van der Waals surface area contributed by atoms with E-state index in [1.807, 2.05) is 25.8 Å². The Morgan fingerprint density at radius 2 is 2.08 bits per heavy atom. The lowest BCUT2D eigenvalue weighted by molar-refractivity contribution is 0.0375. The van der Waals surface area contributed by atoms with Gasteiger partial charge in [0.2, 0.25) is 0 Å². The summed E-state index contributed by atoms with van der Waals surface area (Å²) in [7, 11) is 1.84. The number of hydrogen-bond acceptors (Lipinski definition) is 4. The Labute approximate surface area is 149 Å². The van der Waals surface area contributed by atoms with Gasteiger partial charge < -0.3 is 20.3 Å². The van der Waals surface area contributed by atoms with E-state index in [1.54, 1.807) is 12.1 Å². The molecule has 1 saturated heterocycles. The van der Waals surface area contributed by atoms with Gasteiger partial charge in [0.15, 0.2) is 0 Å². The van der Waals surface area contributed by atoms with Crippen molar-refractivity contribution in [1.82, 2.24) is 10.2 Å². The fourth-order valence-electron chi connectivity index (χ4n) is 2.65. The van der Waals surface area contributed by atoms with Crippen molar-refractivity contribution in [2.75, 3.05) is 56.7 Å². The van der Waals surface area contributed by atoms with Crippen molar-refractivity contribution in [3.63, 3.8) is 0 Å². The first-order chi connectivity index (χ1) is 12.0. The third-order valence-corrected chi connectivity index (χ3v) is 4.40. The molecule has 0 aromatic heterocycles. The zero-order valence-corrected chi connectivity index (χ0v) is 15.3. The highest BCUT2D eigenvalue weighted by Gasteiger charge is 2.12. The molecule has 0 unspecified atom stereocenters. The van der Waals surface area contributed by atoms with Gasteiger partial charge >= 0.3 is 6.03 Å². The number of carbonyl (C=O) groups excluding carboxylic acids is 1. The molecule has 1 aliphatic heterocycles. The molecule has 0 bridgehead atoms. The number of urea groups is 1. The highest BCUT2D eigenvalue weighted by atomic mass is 19.1. The summed E-state index contributed by atoms with van der Waals surface area (Å²) in [4.78, 5) is 16.1. The molecule has 2 amide bonds. The number of ether oxygens (including phenoxy) is 1. The van der Waals surface area contributed by atoms with Crippen LogP contribution in [-0.4, -0.2) is 63.4 Å². The van der Waals surface area contributed by atoms with Crippen LogP contribution in [0.3, 0.4) is 0 Å². The summed E-state index contributed by atoms with van der Waals surface area (Å²) in [5.41, 5.74) is 0.968. The molecule has 6 nitrogen and oxygen atoms in total. The maximum absolute atomic E-state index is 14.2. The lowest BCUT2D eigenvalue weighted by Crippen LogP contribution is -2.38. The summed E-state index contributed by atoms with van der Waals surface area (Å²) >= 11 is 0. The first-order valence-electron chi connectivity index (χ1n) is 8.84. The minimum Gasteiger partial charge on any atom is -0.379 e. The number of carbonyl (C=O) groups is 1. The summed E-state index contributed by atoms with van der Waals surface area (Å²) in [5, 5.41) is 5.48. The van der Waals surface area contributed by atoms with E-state index >= 15 is 0 Å². The SMILES string of the molecule is CC(C)N(C)c1ccc(NC(=O)NCCCN2CCOCC2)cc1F. The molecule has 1 fully saturated rings. The van der Waals surface area contributed by atoms with Gasteiger partial charge in [-0.15, -0.1) is 0 Å². The molecule has 0 atom stereocenters. The highest BCUT2D eigenvalue weighted by Crippen LogP contribution is 2.23. The fourth-order valence-corrected chi connectivity index (χ4v) is 2.65. The highest BCUT2D eigenvalue weighted by molar-refractivity contribution is 5.89. The van der Waals surface area contributed by atoms with Gasteiger partial charge in [-0.2, -0.15) is 0 Å². The van der Waals surface area contributed by atoms with Crippen LogP contribution in [-0.2, 0) is 4.74 Å². The van der Waals surface area contributed by atoms with Crippen molar-refractivity contribution in [3.05, 3.63) is 24.0 Å². The van der Waals surface area contributed by atoms with Crippen LogP contribution in [0.5, 0.6) is 0 Å². The number of nitrogens with one attached hydrogen (secondary N) is 2. The van der Waals surface area contributed by atoms with Crippen LogP contribution in [0.15, 0.2) is 18.2 Å². The van der Waals surface area contributed by atoms with Crippen LogP contribution in [0.1, 0.15) is 20.3 Å². The number of anilines is 2. The van der Waals surface area contributed by atoms with Crippen molar-refractivity contribution < 1.29 is 13.9 Å². The third kappa shape index (κ3) is 6.17. The molecule has 1 aromatic carbocycles. The average Bonchev–Trinajstić information content (AvgIpc) is 2.59. The van der Waals surface area contributed by atoms with E-state index < -0.39 is 0 Å². The number of morpholine rings is 1. The Bertz CT molecular complexity index is 562. The van der Waals surface area contributed by atoms with Crippen LogP contribution in [0.25, 0.3) is 0 Å². The molecule has 0 radical (unpaired) electrons. The van der Waals surface area contributed by atoms with Gasteiger partial charge in [0, 0.05) is 38.4 Å². The van der Waals surface area contributed by atoms with Crippen LogP contribution in [0.2, 0.25) is 0 Å². The molecule has 7 heteroatoms. The van der Waals surface area contributed by atoms with E-state index in [0.29, 0.717) is 17.9 Å². The van der Waals surface area contributed by atoms with Crippen LogP contribution in [0, 0.1) is 5.82 Å². The molecule has 2 rings (SSSR count). The van der Waals surface area contributed by atoms with E-state index in [9.17, 15) is 9.18 Å². The predicted octanol–water partition coefficient (Wildman–Crippen LogP) is 2.51. The number of halogens is 1. The largest absolute Gasteiger partial charge is 0.379 e. The summed E-state index contributed by atoms with van der Waals surface area (Å²) in [5.74, 6) is -0.346. The second-order valence-corrected chi connectivity index (χ2v) is 6.56. The standard InChI is InChI=1S/C18H29FN4O2/c1-14(2)22(3)17-6-5-15(13-16(17)19)21-18(24)20-7-4-8-23-9-11-25-12-10-23/h5-6,13-14H,4,7-12H2,1-3H3,(H2,20,21,24). The summed E-state index contributed by atoms with van der Waals surface area (Å²) in [6.45, 7) is 8.97. The van der Waals surface area contributed by atoms with Gasteiger partial charge in [-0.1, -0.05) is 0 Å². The molecule has 0 spiro atoms. The summed E-state index contributed by atoms with van der Waals surface area (Å²) in [6.07, 6.45) is 0.875. The molecule has 0 aliphatic carbocycles. The van der Waals surface area contributed by atoms with Gasteiger partial charge in [-0.3, -0.25) is 4.90 Å². The van der Waals surface area contributed by atoms with Gasteiger partial charge in [-0.25, -0.2) is 9.18 Å². The first-order valence-corrected chi connectivity index (χ1v) is 8.84. The van der Waals surface area contributed by atoms with Crippen LogP contribution < -0.4 is 15.5 Å². The molecule has 25 heavy (non-hydrogen) atoms. The normalized spacial score (nSPS) is 15.2.